The van der Waals surface area contributed by atoms with Crippen molar-refractivity contribution < 1.29 is 27.1 Å². The molecule has 1 fully saturated rings. The zero-order chi connectivity index (χ0) is 15.0. The van der Waals surface area contributed by atoms with Crippen molar-refractivity contribution in [2.75, 3.05) is 0 Å². The summed E-state index contributed by atoms with van der Waals surface area (Å²) in [5, 5.41) is 9.20. The molecule has 0 amide bonds. The van der Waals surface area contributed by atoms with Gasteiger partial charge in [-0.05, 0) is 31.0 Å². The number of carbonyl (C=O) groups is 1. The molecule has 1 aliphatic rings. The Morgan fingerprint density at radius 3 is 2.40 bits per heavy atom. The van der Waals surface area contributed by atoms with Gasteiger partial charge in [-0.2, -0.15) is 4.72 Å². The minimum Gasteiger partial charge on any atom is -0.480 e. The predicted molar refractivity (Wildman–Crippen MR) is 65.5 cm³/mol. The van der Waals surface area contributed by atoms with E-state index in [2.05, 4.69) is 0 Å². The first-order valence-electron chi connectivity index (χ1n) is 5.99. The van der Waals surface area contributed by atoms with Crippen LogP contribution in [0.2, 0.25) is 0 Å². The van der Waals surface area contributed by atoms with Crippen molar-refractivity contribution in [3.05, 3.63) is 29.8 Å². The van der Waals surface area contributed by atoms with Gasteiger partial charge in [0.25, 0.3) is 0 Å². The van der Waals surface area contributed by atoms with Gasteiger partial charge in [0.15, 0.2) is 0 Å². The van der Waals surface area contributed by atoms with Gasteiger partial charge in [0, 0.05) is 0 Å². The van der Waals surface area contributed by atoms with Crippen LogP contribution in [0.1, 0.15) is 25.7 Å². The molecule has 2 rings (SSSR count). The van der Waals surface area contributed by atoms with E-state index in [-0.39, 0.29) is 12.8 Å². The SMILES string of the molecule is O=C(O)C1(NS(=O)(=O)c2cc(F)ccc2F)CCCC1. The van der Waals surface area contributed by atoms with Gasteiger partial charge in [0.2, 0.25) is 10.0 Å². The molecule has 0 saturated heterocycles. The second-order valence-corrected chi connectivity index (χ2v) is 6.43. The predicted octanol–water partition coefficient (Wildman–Crippen LogP) is 1.64. The Hall–Kier alpha value is -1.54. The van der Waals surface area contributed by atoms with E-state index in [1.54, 1.807) is 0 Å². The van der Waals surface area contributed by atoms with E-state index >= 15 is 0 Å². The minimum atomic E-state index is -4.45. The van der Waals surface area contributed by atoms with E-state index < -0.39 is 38.1 Å². The van der Waals surface area contributed by atoms with Crippen LogP contribution in [0, 0.1) is 11.6 Å². The molecule has 0 atom stereocenters. The molecule has 2 N–H and O–H groups in total. The highest BCUT2D eigenvalue weighted by molar-refractivity contribution is 7.89. The van der Waals surface area contributed by atoms with Crippen LogP contribution in [-0.4, -0.2) is 25.0 Å². The van der Waals surface area contributed by atoms with Crippen LogP contribution < -0.4 is 4.72 Å². The van der Waals surface area contributed by atoms with Crippen LogP contribution in [-0.2, 0) is 14.8 Å². The highest BCUT2D eigenvalue weighted by atomic mass is 32.2. The van der Waals surface area contributed by atoms with Crippen molar-refractivity contribution in [2.24, 2.45) is 0 Å². The molecule has 0 aliphatic heterocycles. The van der Waals surface area contributed by atoms with Crippen molar-refractivity contribution in [1.82, 2.24) is 4.72 Å². The Morgan fingerprint density at radius 1 is 1.25 bits per heavy atom. The summed E-state index contributed by atoms with van der Waals surface area (Å²) in [7, 11) is -4.45. The Morgan fingerprint density at radius 2 is 1.85 bits per heavy atom. The molecule has 5 nitrogen and oxygen atoms in total. The van der Waals surface area contributed by atoms with Gasteiger partial charge in [0.05, 0.1) is 0 Å². The fourth-order valence-corrected chi connectivity index (χ4v) is 3.84. The first-order valence-corrected chi connectivity index (χ1v) is 7.48. The number of carboxylic acids is 1. The maximum atomic E-state index is 13.5. The minimum absolute atomic E-state index is 0.124. The molecule has 0 aromatic heterocycles. The molecule has 110 valence electrons. The highest BCUT2D eigenvalue weighted by Crippen LogP contribution is 2.32. The van der Waals surface area contributed by atoms with Crippen molar-refractivity contribution in [3.63, 3.8) is 0 Å². The number of carboxylic acid groups (broad SMARTS) is 1. The number of hydrogen-bond acceptors (Lipinski definition) is 3. The smallest absolute Gasteiger partial charge is 0.324 e. The van der Waals surface area contributed by atoms with Crippen molar-refractivity contribution in [1.29, 1.82) is 0 Å². The van der Waals surface area contributed by atoms with E-state index in [0.717, 1.165) is 6.07 Å². The fraction of sp³-hybridized carbons (Fsp3) is 0.417. The topological polar surface area (TPSA) is 83.5 Å². The van der Waals surface area contributed by atoms with E-state index in [4.69, 9.17) is 0 Å². The van der Waals surface area contributed by atoms with E-state index in [9.17, 15) is 27.1 Å². The Kier molecular flexibility index (Phi) is 3.79. The first-order chi connectivity index (χ1) is 9.27. The molecule has 20 heavy (non-hydrogen) atoms. The van der Waals surface area contributed by atoms with Gasteiger partial charge in [-0.3, -0.25) is 4.79 Å². The summed E-state index contributed by atoms with van der Waals surface area (Å²) < 4.78 is 52.8. The molecule has 1 aliphatic carbocycles. The number of nitrogens with one attached hydrogen (secondary N) is 1. The van der Waals surface area contributed by atoms with Gasteiger partial charge in [-0.15, -0.1) is 0 Å². The van der Waals surface area contributed by atoms with Gasteiger partial charge in [-0.25, -0.2) is 17.2 Å². The second-order valence-electron chi connectivity index (χ2n) is 4.77. The molecule has 0 bridgehead atoms. The third-order valence-electron chi connectivity index (χ3n) is 3.38. The molecular weight excluding hydrogens is 292 g/mol. The Bertz CT molecular complexity index is 639. The van der Waals surface area contributed by atoms with Crippen LogP contribution in [0.25, 0.3) is 0 Å². The number of sulfonamides is 1. The van der Waals surface area contributed by atoms with E-state index in [1.807, 2.05) is 4.72 Å². The summed E-state index contributed by atoms with van der Waals surface area (Å²) in [6.45, 7) is 0. The summed E-state index contributed by atoms with van der Waals surface area (Å²) >= 11 is 0. The molecule has 0 heterocycles. The molecule has 8 heteroatoms. The molecule has 1 aromatic carbocycles. The average molecular weight is 305 g/mol. The lowest BCUT2D eigenvalue weighted by molar-refractivity contribution is -0.143. The summed E-state index contributed by atoms with van der Waals surface area (Å²) in [6.07, 6.45) is 1.36. The first kappa shape index (κ1) is 14.9. The van der Waals surface area contributed by atoms with Crippen molar-refractivity contribution >= 4 is 16.0 Å². The van der Waals surface area contributed by atoms with Crippen LogP contribution >= 0.6 is 0 Å². The van der Waals surface area contributed by atoms with E-state index in [1.165, 1.54) is 0 Å². The van der Waals surface area contributed by atoms with Gasteiger partial charge >= 0.3 is 5.97 Å². The van der Waals surface area contributed by atoms with Crippen molar-refractivity contribution in [3.8, 4) is 0 Å². The fourth-order valence-electron chi connectivity index (χ4n) is 2.33. The standard InChI is InChI=1S/C12H13F2NO4S/c13-8-3-4-9(14)10(7-8)20(18,19)15-12(11(16)17)5-1-2-6-12/h3-4,7,15H,1-2,5-6H2,(H,16,17). The number of halogens is 2. The molecule has 0 radical (unpaired) electrons. The largest absolute Gasteiger partial charge is 0.480 e. The van der Waals surface area contributed by atoms with Gasteiger partial charge in [0.1, 0.15) is 22.1 Å². The Balaban J connectivity index is 2.40. The maximum Gasteiger partial charge on any atom is 0.324 e. The van der Waals surface area contributed by atoms with Crippen molar-refractivity contribution in [2.45, 2.75) is 36.1 Å². The number of aliphatic carboxylic acids is 1. The van der Waals surface area contributed by atoms with Gasteiger partial charge in [-0.1, -0.05) is 12.8 Å². The highest BCUT2D eigenvalue weighted by Gasteiger charge is 2.45. The molecule has 1 aromatic rings. The summed E-state index contributed by atoms with van der Waals surface area (Å²) in [4.78, 5) is 10.4. The summed E-state index contributed by atoms with van der Waals surface area (Å²) in [5.74, 6) is -3.35. The number of hydrogen-bond donors (Lipinski definition) is 2. The number of rotatable bonds is 4. The van der Waals surface area contributed by atoms with Gasteiger partial charge < -0.3 is 5.11 Å². The lowest BCUT2D eigenvalue weighted by atomic mass is 10.0. The third-order valence-corrected chi connectivity index (χ3v) is 4.93. The molecule has 0 spiro atoms. The normalized spacial score (nSPS) is 18.1. The molecule has 0 unspecified atom stereocenters. The van der Waals surface area contributed by atoms with E-state index in [0.29, 0.717) is 25.0 Å². The van der Waals surface area contributed by atoms with Crippen LogP contribution in [0.4, 0.5) is 8.78 Å². The third kappa shape index (κ3) is 2.66. The zero-order valence-corrected chi connectivity index (χ0v) is 11.2. The monoisotopic (exact) mass is 305 g/mol. The molecular formula is C12H13F2NO4S. The summed E-state index contributed by atoms with van der Waals surface area (Å²) in [6, 6.07) is 2.01. The lowest BCUT2D eigenvalue weighted by Crippen LogP contribution is -2.52. The summed E-state index contributed by atoms with van der Waals surface area (Å²) in [5.41, 5.74) is -1.64. The number of benzene rings is 1. The van der Waals surface area contributed by atoms with Crippen LogP contribution in [0.5, 0.6) is 0 Å². The second kappa shape index (κ2) is 5.10. The quantitative estimate of drug-likeness (QED) is 0.886. The Labute approximate surface area is 114 Å². The zero-order valence-electron chi connectivity index (χ0n) is 10.4. The molecule has 1 saturated carbocycles. The average Bonchev–Trinajstić information content (AvgIpc) is 2.81. The lowest BCUT2D eigenvalue weighted by Gasteiger charge is -2.25. The van der Waals surface area contributed by atoms with Crippen LogP contribution in [0.3, 0.4) is 0 Å². The van der Waals surface area contributed by atoms with Crippen LogP contribution in [0.15, 0.2) is 23.1 Å². The maximum absolute atomic E-state index is 13.5.